The van der Waals surface area contributed by atoms with E-state index >= 15 is 0 Å². The number of benzene rings is 1. The average Bonchev–Trinajstić information content (AvgIpc) is 2.38. The summed E-state index contributed by atoms with van der Waals surface area (Å²) in [5.74, 6) is -0.579. The van der Waals surface area contributed by atoms with E-state index in [1.54, 1.807) is 13.0 Å². The van der Waals surface area contributed by atoms with Crippen LogP contribution < -0.4 is 4.74 Å². The first-order valence-electron chi connectivity index (χ1n) is 5.35. The van der Waals surface area contributed by atoms with Gasteiger partial charge in [-0.15, -0.1) is 0 Å². The first kappa shape index (κ1) is 12.5. The topological polar surface area (TPSA) is 96.1 Å². The van der Waals surface area contributed by atoms with Crippen LogP contribution in [0.1, 0.15) is 21.6 Å². The van der Waals surface area contributed by atoms with Gasteiger partial charge in [0.05, 0.1) is 5.56 Å². The van der Waals surface area contributed by atoms with Crippen LogP contribution in [-0.4, -0.2) is 21.0 Å². The van der Waals surface area contributed by atoms with Gasteiger partial charge in [0.2, 0.25) is 0 Å². The zero-order valence-corrected chi connectivity index (χ0v) is 9.99. The molecule has 0 amide bonds. The third-order valence-electron chi connectivity index (χ3n) is 2.39. The van der Waals surface area contributed by atoms with Gasteiger partial charge in [-0.1, -0.05) is 0 Å². The summed E-state index contributed by atoms with van der Waals surface area (Å²) in [6.45, 7) is 1.67. The fourth-order valence-corrected chi connectivity index (χ4v) is 1.50. The fraction of sp³-hybridized carbons (Fsp3) is 0.0769. The molecule has 0 aliphatic heterocycles. The minimum absolute atomic E-state index is 0.0431. The van der Waals surface area contributed by atoms with E-state index < -0.39 is 5.97 Å². The Balaban J connectivity index is 2.26. The molecular formula is C13H9N3O3. The monoisotopic (exact) mass is 255 g/mol. The summed E-state index contributed by atoms with van der Waals surface area (Å²) in [6.07, 6.45) is 1.42. The number of aromatic carboxylic acids is 1. The third-order valence-corrected chi connectivity index (χ3v) is 2.39. The van der Waals surface area contributed by atoms with Gasteiger partial charge < -0.3 is 9.84 Å². The van der Waals surface area contributed by atoms with Gasteiger partial charge in [-0.05, 0) is 36.8 Å². The molecule has 94 valence electrons. The standard InChI is InChI=1S/C13H9N3O3/c1-8-6-10(2-3-11(8)12(17)18)19-13-15-5-4-9(7-14)16-13/h2-6H,1H3,(H,17,18). The maximum Gasteiger partial charge on any atom is 0.335 e. The molecule has 0 bridgehead atoms. The Labute approximate surface area is 108 Å². The molecule has 2 aromatic rings. The summed E-state index contributed by atoms with van der Waals surface area (Å²) in [7, 11) is 0. The quantitative estimate of drug-likeness (QED) is 0.902. The normalized spacial score (nSPS) is 9.68. The molecule has 2 rings (SSSR count). The van der Waals surface area contributed by atoms with Crippen LogP contribution in [0.15, 0.2) is 30.5 Å². The van der Waals surface area contributed by atoms with Gasteiger partial charge in [-0.3, -0.25) is 0 Å². The summed E-state index contributed by atoms with van der Waals surface area (Å²) in [5, 5.41) is 17.6. The summed E-state index contributed by atoms with van der Waals surface area (Å²) in [5.41, 5.74) is 0.976. The molecule has 0 saturated heterocycles. The van der Waals surface area contributed by atoms with Gasteiger partial charge in [0.15, 0.2) is 0 Å². The highest BCUT2D eigenvalue weighted by Crippen LogP contribution is 2.21. The van der Waals surface area contributed by atoms with Crippen LogP contribution in [0.25, 0.3) is 0 Å². The van der Waals surface area contributed by atoms with Crippen molar-refractivity contribution in [2.24, 2.45) is 0 Å². The van der Waals surface area contributed by atoms with Crippen LogP contribution in [0, 0.1) is 18.3 Å². The molecule has 6 nitrogen and oxygen atoms in total. The zero-order valence-electron chi connectivity index (χ0n) is 9.99. The smallest absolute Gasteiger partial charge is 0.335 e. The fourth-order valence-electron chi connectivity index (χ4n) is 1.50. The van der Waals surface area contributed by atoms with E-state index in [9.17, 15) is 4.79 Å². The molecule has 0 spiro atoms. The number of nitrogens with zero attached hydrogens (tertiary/aromatic N) is 3. The van der Waals surface area contributed by atoms with Gasteiger partial charge in [0, 0.05) is 6.20 Å². The van der Waals surface area contributed by atoms with Crippen molar-refractivity contribution < 1.29 is 14.6 Å². The number of ether oxygens (including phenoxy) is 1. The largest absolute Gasteiger partial charge is 0.478 e. The molecule has 0 atom stereocenters. The van der Waals surface area contributed by atoms with E-state index in [1.165, 1.54) is 24.4 Å². The second kappa shape index (κ2) is 5.14. The van der Waals surface area contributed by atoms with Gasteiger partial charge in [0.1, 0.15) is 17.5 Å². The second-order valence-corrected chi connectivity index (χ2v) is 3.72. The molecule has 1 heterocycles. The Morgan fingerprint density at radius 3 is 2.84 bits per heavy atom. The molecule has 1 aromatic heterocycles. The molecule has 1 aromatic carbocycles. The predicted octanol–water partition coefficient (Wildman–Crippen LogP) is 2.15. The number of aromatic nitrogens is 2. The minimum atomic E-state index is -0.994. The van der Waals surface area contributed by atoms with Crippen LogP contribution in [0.3, 0.4) is 0 Å². The number of carbonyl (C=O) groups is 1. The van der Waals surface area contributed by atoms with Crippen molar-refractivity contribution in [1.82, 2.24) is 9.97 Å². The molecule has 0 aliphatic carbocycles. The molecule has 0 aliphatic rings. The Hall–Kier alpha value is -2.94. The molecular weight excluding hydrogens is 246 g/mol. The first-order valence-corrected chi connectivity index (χ1v) is 5.35. The van der Waals surface area contributed by atoms with E-state index in [0.29, 0.717) is 11.3 Å². The van der Waals surface area contributed by atoms with Crippen molar-refractivity contribution in [3.05, 3.63) is 47.3 Å². The lowest BCUT2D eigenvalue weighted by Crippen LogP contribution is -2.00. The maximum absolute atomic E-state index is 10.9. The number of carboxylic acid groups (broad SMARTS) is 1. The van der Waals surface area contributed by atoms with Crippen LogP contribution in [0.2, 0.25) is 0 Å². The lowest BCUT2D eigenvalue weighted by atomic mass is 10.1. The van der Waals surface area contributed by atoms with Gasteiger partial charge in [0.25, 0.3) is 0 Å². The van der Waals surface area contributed by atoms with Gasteiger partial charge >= 0.3 is 12.0 Å². The lowest BCUT2D eigenvalue weighted by molar-refractivity contribution is 0.0696. The minimum Gasteiger partial charge on any atom is -0.478 e. The molecule has 0 fully saturated rings. The molecule has 0 saturated carbocycles. The summed E-state index contributed by atoms with van der Waals surface area (Å²) < 4.78 is 5.37. The Kier molecular flexibility index (Phi) is 3.39. The van der Waals surface area contributed by atoms with Crippen molar-refractivity contribution in [3.63, 3.8) is 0 Å². The number of aryl methyl sites for hydroxylation is 1. The van der Waals surface area contributed by atoms with Crippen LogP contribution in [-0.2, 0) is 0 Å². The lowest BCUT2D eigenvalue weighted by Gasteiger charge is -2.06. The van der Waals surface area contributed by atoms with Gasteiger partial charge in [-0.25, -0.2) is 9.78 Å². The highest BCUT2D eigenvalue weighted by Gasteiger charge is 2.09. The molecule has 19 heavy (non-hydrogen) atoms. The van der Waals surface area contributed by atoms with E-state index in [1.807, 2.05) is 6.07 Å². The van der Waals surface area contributed by atoms with Crippen LogP contribution >= 0.6 is 0 Å². The average molecular weight is 255 g/mol. The maximum atomic E-state index is 10.9. The van der Waals surface area contributed by atoms with E-state index in [-0.39, 0.29) is 17.3 Å². The molecule has 0 unspecified atom stereocenters. The number of rotatable bonds is 3. The van der Waals surface area contributed by atoms with Gasteiger partial charge in [-0.2, -0.15) is 10.2 Å². The SMILES string of the molecule is Cc1cc(Oc2nccc(C#N)n2)ccc1C(=O)O. The zero-order chi connectivity index (χ0) is 13.8. The van der Waals surface area contributed by atoms with E-state index in [0.717, 1.165) is 0 Å². The second-order valence-electron chi connectivity index (χ2n) is 3.72. The van der Waals surface area contributed by atoms with E-state index in [4.69, 9.17) is 15.1 Å². The van der Waals surface area contributed by atoms with Crippen LogP contribution in [0.4, 0.5) is 0 Å². The van der Waals surface area contributed by atoms with E-state index in [2.05, 4.69) is 9.97 Å². The summed E-state index contributed by atoms with van der Waals surface area (Å²) in [4.78, 5) is 18.6. The van der Waals surface area contributed by atoms with Crippen LogP contribution in [0.5, 0.6) is 11.8 Å². The van der Waals surface area contributed by atoms with Crippen molar-refractivity contribution in [2.75, 3.05) is 0 Å². The van der Waals surface area contributed by atoms with Crippen molar-refractivity contribution in [3.8, 4) is 17.8 Å². The predicted molar refractivity (Wildman–Crippen MR) is 65.0 cm³/mol. The number of nitriles is 1. The number of hydrogen-bond acceptors (Lipinski definition) is 5. The molecule has 1 N–H and O–H groups in total. The molecule has 6 heteroatoms. The Morgan fingerprint density at radius 1 is 1.42 bits per heavy atom. The van der Waals surface area contributed by atoms with Crippen molar-refractivity contribution in [2.45, 2.75) is 6.92 Å². The van der Waals surface area contributed by atoms with Crippen molar-refractivity contribution >= 4 is 5.97 Å². The number of hydrogen-bond donors (Lipinski definition) is 1. The highest BCUT2D eigenvalue weighted by atomic mass is 16.5. The number of carboxylic acids is 1. The summed E-state index contributed by atoms with van der Waals surface area (Å²) >= 11 is 0. The Bertz CT molecular complexity index is 677. The molecule has 0 radical (unpaired) electrons. The third kappa shape index (κ3) is 2.84. The van der Waals surface area contributed by atoms with Crippen molar-refractivity contribution in [1.29, 1.82) is 5.26 Å². The first-order chi connectivity index (χ1) is 9.10. The highest BCUT2D eigenvalue weighted by molar-refractivity contribution is 5.89. The summed E-state index contributed by atoms with van der Waals surface area (Å²) in [6, 6.07) is 7.92. The Morgan fingerprint density at radius 2 is 2.21 bits per heavy atom.